The number of amides is 2. The number of nitrogens with zero attached hydrogens (tertiary/aromatic N) is 4. The Labute approximate surface area is 159 Å². The van der Waals surface area contributed by atoms with E-state index in [0.29, 0.717) is 37.8 Å². The summed E-state index contributed by atoms with van der Waals surface area (Å²) in [6.07, 6.45) is 2.76. The van der Waals surface area contributed by atoms with Crippen molar-refractivity contribution in [1.82, 2.24) is 19.8 Å². The van der Waals surface area contributed by atoms with Crippen molar-refractivity contribution in [2.24, 2.45) is 0 Å². The fourth-order valence-corrected chi connectivity index (χ4v) is 3.09. The topological polar surface area (TPSA) is 78.4 Å². The van der Waals surface area contributed by atoms with Crippen LogP contribution in [0, 0.1) is 6.92 Å². The summed E-state index contributed by atoms with van der Waals surface area (Å²) in [4.78, 5) is 35.7. The van der Waals surface area contributed by atoms with Crippen LogP contribution in [0.2, 0.25) is 0 Å². The van der Waals surface area contributed by atoms with Crippen LogP contribution in [-0.4, -0.2) is 64.8 Å². The Balaban J connectivity index is 1.55. The maximum atomic E-state index is 12.7. The Bertz CT molecular complexity index is 773. The van der Waals surface area contributed by atoms with Gasteiger partial charge in [0, 0.05) is 38.4 Å². The van der Waals surface area contributed by atoms with E-state index in [-0.39, 0.29) is 5.91 Å². The third-order valence-electron chi connectivity index (χ3n) is 4.59. The van der Waals surface area contributed by atoms with Crippen LogP contribution in [0.25, 0.3) is 0 Å². The Morgan fingerprint density at radius 2 is 1.89 bits per heavy atom. The summed E-state index contributed by atoms with van der Waals surface area (Å²) in [5, 5.41) is 3.22. The van der Waals surface area contributed by atoms with Crippen molar-refractivity contribution in [3.63, 3.8) is 0 Å². The minimum atomic E-state index is -0.113. The Morgan fingerprint density at radius 3 is 2.59 bits per heavy atom. The molecule has 0 atom stereocenters. The van der Waals surface area contributed by atoms with Gasteiger partial charge in [0.2, 0.25) is 12.4 Å². The predicted octanol–water partition coefficient (Wildman–Crippen LogP) is 1.74. The second-order valence-electron chi connectivity index (χ2n) is 6.67. The van der Waals surface area contributed by atoms with Crippen molar-refractivity contribution in [2.75, 3.05) is 38.0 Å². The van der Waals surface area contributed by atoms with Crippen LogP contribution in [0.5, 0.6) is 0 Å². The predicted molar refractivity (Wildman–Crippen MR) is 104 cm³/mol. The summed E-state index contributed by atoms with van der Waals surface area (Å²) in [6.45, 7) is 4.77. The van der Waals surface area contributed by atoms with E-state index in [2.05, 4.69) is 27.4 Å². The van der Waals surface area contributed by atoms with Crippen LogP contribution in [0.3, 0.4) is 0 Å². The number of benzene rings is 1. The molecule has 1 aromatic heterocycles. The van der Waals surface area contributed by atoms with Crippen LogP contribution < -0.4 is 5.32 Å². The Kier molecular flexibility index (Phi) is 6.35. The second kappa shape index (κ2) is 9.12. The van der Waals surface area contributed by atoms with Gasteiger partial charge in [0.25, 0.3) is 5.91 Å². The van der Waals surface area contributed by atoms with Crippen LogP contribution >= 0.6 is 0 Å². The number of hydrogen-bond donors (Lipinski definition) is 1. The van der Waals surface area contributed by atoms with Crippen molar-refractivity contribution < 1.29 is 9.59 Å². The van der Waals surface area contributed by atoms with Gasteiger partial charge in [0.05, 0.1) is 0 Å². The van der Waals surface area contributed by atoms with Crippen LogP contribution in [0.1, 0.15) is 28.2 Å². The summed E-state index contributed by atoms with van der Waals surface area (Å²) < 4.78 is 0. The SMILES string of the molecule is Cc1cc(C(=O)N2CCN(C=O)CC2)nc(NCCCc2ccccc2)n1. The number of aromatic nitrogens is 2. The first kappa shape index (κ1) is 18.8. The molecule has 0 aliphatic carbocycles. The highest BCUT2D eigenvalue weighted by Crippen LogP contribution is 2.11. The third kappa shape index (κ3) is 5.26. The zero-order valence-electron chi connectivity index (χ0n) is 15.6. The highest BCUT2D eigenvalue weighted by Gasteiger charge is 2.23. The summed E-state index contributed by atoms with van der Waals surface area (Å²) >= 11 is 0. The minimum Gasteiger partial charge on any atom is -0.354 e. The summed E-state index contributed by atoms with van der Waals surface area (Å²) in [7, 11) is 0. The Hall–Kier alpha value is -2.96. The van der Waals surface area contributed by atoms with Crippen LogP contribution in [-0.2, 0) is 11.2 Å². The third-order valence-corrected chi connectivity index (χ3v) is 4.59. The molecule has 1 aromatic carbocycles. The molecule has 7 nitrogen and oxygen atoms in total. The molecule has 27 heavy (non-hydrogen) atoms. The number of hydrogen-bond acceptors (Lipinski definition) is 5. The summed E-state index contributed by atoms with van der Waals surface area (Å²) in [5.74, 6) is 0.372. The zero-order chi connectivity index (χ0) is 19.1. The number of carbonyl (C=O) groups excluding carboxylic acids is 2. The highest BCUT2D eigenvalue weighted by atomic mass is 16.2. The van der Waals surface area contributed by atoms with Crippen LogP contribution in [0.15, 0.2) is 36.4 Å². The molecule has 2 amide bonds. The average molecular weight is 367 g/mol. The van der Waals surface area contributed by atoms with Gasteiger partial charge in [-0.1, -0.05) is 30.3 Å². The summed E-state index contributed by atoms with van der Waals surface area (Å²) in [6, 6.07) is 12.0. The molecule has 1 N–H and O–H groups in total. The molecule has 0 bridgehead atoms. The Morgan fingerprint density at radius 1 is 1.15 bits per heavy atom. The van der Waals surface area contributed by atoms with E-state index in [0.717, 1.165) is 31.5 Å². The molecular weight excluding hydrogens is 342 g/mol. The molecule has 0 spiro atoms. The van der Waals surface area contributed by atoms with Gasteiger partial charge < -0.3 is 15.1 Å². The van der Waals surface area contributed by atoms with Gasteiger partial charge in [-0.25, -0.2) is 9.97 Å². The van der Waals surface area contributed by atoms with Gasteiger partial charge in [-0.3, -0.25) is 9.59 Å². The summed E-state index contributed by atoms with van der Waals surface area (Å²) in [5.41, 5.74) is 2.45. The first-order valence-electron chi connectivity index (χ1n) is 9.28. The van der Waals surface area contributed by atoms with Gasteiger partial charge in [-0.2, -0.15) is 0 Å². The standard InChI is InChI=1S/C20H25N5O2/c1-16-14-18(19(27)25-12-10-24(15-26)11-13-25)23-20(22-16)21-9-5-8-17-6-3-2-4-7-17/h2-4,6-7,14-15H,5,8-13H2,1H3,(H,21,22,23). The van der Waals surface area contributed by atoms with E-state index in [1.165, 1.54) is 5.56 Å². The number of carbonyl (C=O) groups is 2. The number of aryl methyl sites for hydroxylation is 2. The highest BCUT2D eigenvalue weighted by molar-refractivity contribution is 5.92. The van der Waals surface area contributed by atoms with Crippen molar-refractivity contribution >= 4 is 18.3 Å². The van der Waals surface area contributed by atoms with E-state index in [1.807, 2.05) is 25.1 Å². The maximum Gasteiger partial charge on any atom is 0.272 e. The molecule has 1 aliphatic heterocycles. The first-order chi connectivity index (χ1) is 13.2. The number of rotatable bonds is 7. The smallest absolute Gasteiger partial charge is 0.272 e. The lowest BCUT2D eigenvalue weighted by Gasteiger charge is -2.32. The lowest BCUT2D eigenvalue weighted by Crippen LogP contribution is -2.48. The molecule has 1 fully saturated rings. The lowest BCUT2D eigenvalue weighted by atomic mass is 10.1. The van der Waals surface area contributed by atoms with Crippen molar-refractivity contribution in [3.8, 4) is 0 Å². The fraction of sp³-hybridized carbons (Fsp3) is 0.400. The zero-order valence-corrected chi connectivity index (χ0v) is 15.6. The molecule has 1 saturated heterocycles. The van der Waals surface area contributed by atoms with Crippen molar-refractivity contribution in [3.05, 3.63) is 53.3 Å². The van der Waals surface area contributed by atoms with Crippen LogP contribution in [0.4, 0.5) is 5.95 Å². The van der Waals surface area contributed by atoms with Gasteiger partial charge in [-0.05, 0) is 31.4 Å². The lowest BCUT2D eigenvalue weighted by molar-refractivity contribution is -0.119. The van der Waals surface area contributed by atoms with Gasteiger partial charge >= 0.3 is 0 Å². The molecule has 2 aromatic rings. The van der Waals surface area contributed by atoms with Gasteiger partial charge in [-0.15, -0.1) is 0 Å². The van der Waals surface area contributed by atoms with E-state index < -0.39 is 0 Å². The molecule has 7 heteroatoms. The largest absolute Gasteiger partial charge is 0.354 e. The fourth-order valence-electron chi connectivity index (χ4n) is 3.09. The molecule has 3 rings (SSSR count). The molecule has 2 heterocycles. The van der Waals surface area contributed by atoms with Crippen molar-refractivity contribution in [2.45, 2.75) is 19.8 Å². The second-order valence-corrected chi connectivity index (χ2v) is 6.67. The van der Waals surface area contributed by atoms with Gasteiger partial charge in [0.1, 0.15) is 5.69 Å². The molecule has 1 aliphatic rings. The number of piperazine rings is 1. The quantitative estimate of drug-likeness (QED) is 0.596. The van der Waals surface area contributed by atoms with E-state index >= 15 is 0 Å². The normalized spacial score (nSPS) is 14.1. The van der Waals surface area contributed by atoms with E-state index in [9.17, 15) is 9.59 Å². The van der Waals surface area contributed by atoms with E-state index in [1.54, 1.807) is 15.9 Å². The maximum absolute atomic E-state index is 12.7. The molecule has 0 saturated carbocycles. The number of anilines is 1. The molecule has 142 valence electrons. The molecule has 0 radical (unpaired) electrons. The monoisotopic (exact) mass is 367 g/mol. The molecular formula is C20H25N5O2. The minimum absolute atomic E-state index is 0.113. The first-order valence-corrected chi connectivity index (χ1v) is 9.28. The number of nitrogens with one attached hydrogen (secondary N) is 1. The van der Waals surface area contributed by atoms with Gasteiger partial charge in [0.15, 0.2) is 0 Å². The molecule has 0 unspecified atom stereocenters. The van der Waals surface area contributed by atoms with E-state index in [4.69, 9.17) is 0 Å². The average Bonchev–Trinajstić information content (AvgIpc) is 2.71. The van der Waals surface area contributed by atoms with Crippen molar-refractivity contribution in [1.29, 1.82) is 0 Å².